The molecule has 0 saturated heterocycles. The zero-order valence-electron chi connectivity index (χ0n) is 10.3. The molecule has 2 N–H and O–H groups in total. The van der Waals surface area contributed by atoms with Gasteiger partial charge in [0.05, 0.1) is 10.7 Å². The van der Waals surface area contributed by atoms with Gasteiger partial charge in [-0.05, 0) is 25.2 Å². The Morgan fingerprint density at radius 2 is 2.25 bits per heavy atom. The number of aryl methyl sites for hydroxylation is 1. The maximum absolute atomic E-state index is 5.77. The van der Waals surface area contributed by atoms with Crippen molar-refractivity contribution >= 4 is 11.3 Å². The number of thiazole rings is 1. The van der Waals surface area contributed by atoms with Crippen LogP contribution in [0.2, 0.25) is 0 Å². The van der Waals surface area contributed by atoms with Gasteiger partial charge in [0.1, 0.15) is 0 Å². The fourth-order valence-electron chi connectivity index (χ4n) is 2.67. The number of hydrogen-bond acceptors (Lipinski definition) is 3. The Morgan fingerprint density at radius 3 is 2.81 bits per heavy atom. The number of hydrogen-bond donors (Lipinski definition) is 1. The third-order valence-electron chi connectivity index (χ3n) is 3.60. The average Bonchev–Trinajstić information content (AvgIpc) is 2.72. The largest absolute Gasteiger partial charge is 0.326 e. The Bertz CT molecular complexity index is 324. The van der Waals surface area contributed by atoms with E-state index in [1.807, 2.05) is 11.3 Å². The summed E-state index contributed by atoms with van der Waals surface area (Å²) in [5, 5.41) is 1.35. The number of nitrogens with zero attached hydrogens (tertiary/aromatic N) is 1. The molecule has 1 aliphatic rings. The summed E-state index contributed by atoms with van der Waals surface area (Å²) in [6.07, 6.45) is 6.42. The summed E-state index contributed by atoms with van der Waals surface area (Å²) in [6, 6.07) is 0. The van der Waals surface area contributed by atoms with Crippen molar-refractivity contribution < 1.29 is 0 Å². The standard InChI is InChI=1S/C13H22N2S/c1-3-11-12(8-14)16-13(15-11)10-6-4-5-9(2)7-10/h9-10H,3-8,14H2,1-2H3. The van der Waals surface area contributed by atoms with E-state index < -0.39 is 0 Å². The average molecular weight is 238 g/mol. The summed E-state index contributed by atoms with van der Waals surface area (Å²) < 4.78 is 0. The van der Waals surface area contributed by atoms with Gasteiger partial charge in [-0.1, -0.05) is 26.7 Å². The minimum absolute atomic E-state index is 0.656. The van der Waals surface area contributed by atoms with Crippen molar-refractivity contribution in [2.45, 2.75) is 58.4 Å². The van der Waals surface area contributed by atoms with E-state index >= 15 is 0 Å². The molecule has 1 aromatic heterocycles. The van der Waals surface area contributed by atoms with Crippen molar-refractivity contribution in [1.29, 1.82) is 0 Å². The van der Waals surface area contributed by atoms with Gasteiger partial charge in [-0.2, -0.15) is 0 Å². The Kier molecular flexibility index (Phi) is 3.98. The summed E-state index contributed by atoms with van der Waals surface area (Å²) >= 11 is 1.86. The highest BCUT2D eigenvalue weighted by Gasteiger charge is 2.23. The van der Waals surface area contributed by atoms with Crippen molar-refractivity contribution in [3.8, 4) is 0 Å². The molecule has 2 rings (SSSR count). The second kappa shape index (κ2) is 5.28. The lowest BCUT2D eigenvalue weighted by Crippen LogP contribution is -2.11. The lowest BCUT2D eigenvalue weighted by molar-refractivity contribution is 0.343. The maximum Gasteiger partial charge on any atom is 0.0962 e. The zero-order chi connectivity index (χ0) is 11.5. The molecule has 1 fully saturated rings. The predicted molar refractivity (Wildman–Crippen MR) is 69.8 cm³/mol. The third kappa shape index (κ3) is 2.46. The Morgan fingerprint density at radius 1 is 1.44 bits per heavy atom. The Labute approximate surface area is 102 Å². The van der Waals surface area contributed by atoms with Gasteiger partial charge >= 0.3 is 0 Å². The molecule has 16 heavy (non-hydrogen) atoms. The van der Waals surface area contributed by atoms with Gasteiger partial charge in [-0.25, -0.2) is 4.98 Å². The second-order valence-electron chi connectivity index (χ2n) is 4.95. The van der Waals surface area contributed by atoms with Crippen LogP contribution >= 0.6 is 11.3 Å². The number of nitrogens with two attached hydrogens (primary N) is 1. The molecule has 0 bridgehead atoms. The summed E-state index contributed by atoms with van der Waals surface area (Å²) in [5.41, 5.74) is 7.00. The Hall–Kier alpha value is -0.410. The first-order valence-electron chi connectivity index (χ1n) is 6.43. The minimum Gasteiger partial charge on any atom is -0.326 e. The monoisotopic (exact) mass is 238 g/mol. The maximum atomic E-state index is 5.77. The second-order valence-corrected chi connectivity index (χ2v) is 6.06. The predicted octanol–water partition coefficient (Wildman–Crippen LogP) is 3.46. The number of aromatic nitrogens is 1. The first kappa shape index (κ1) is 12.1. The molecule has 3 heteroatoms. The molecule has 0 radical (unpaired) electrons. The van der Waals surface area contributed by atoms with Gasteiger partial charge in [0.15, 0.2) is 0 Å². The molecule has 2 atom stereocenters. The molecule has 90 valence electrons. The van der Waals surface area contributed by atoms with Gasteiger partial charge in [-0.15, -0.1) is 11.3 Å². The molecule has 1 saturated carbocycles. The van der Waals surface area contributed by atoms with E-state index in [9.17, 15) is 0 Å². The molecular weight excluding hydrogens is 216 g/mol. The molecule has 2 nitrogen and oxygen atoms in total. The molecular formula is C13H22N2S. The molecule has 1 heterocycles. The van der Waals surface area contributed by atoms with Crippen LogP contribution in [0.15, 0.2) is 0 Å². The topological polar surface area (TPSA) is 38.9 Å². The lowest BCUT2D eigenvalue weighted by Gasteiger charge is -2.24. The van der Waals surface area contributed by atoms with E-state index in [0.29, 0.717) is 12.5 Å². The van der Waals surface area contributed by atoms with Crippen LogP contribution in [-0.4, -0.2) is 4.98 Å². The highest BCUT2D eigenvalue weighted by Crippen LogP contribution is 2.38. The fraction of sp³-hybridized carbons (Fsp3) is 0.769. The molecule has 0 amide bonds. The van der Waals surface area contributed by atoms with Crippen molar-refractivity contribution in [2.75, 3.05) is 0 Å². The van der Waals surface area contributed by atoms with E-state index in [2.05, 4.69) is 13.8 Å². The van der Waals surface area contributed by atoms with Crippen LogP contribution in [0.25, 0.3) is 0 Å². The van der Waals surface area contributed by atoms with Gasteiger partial charge in [0.2, 0.25) is 0 Å². The summed E-state index contributed by atoms with van der Waals surface area (Å²) in [5.74, 6) is 1.58. The zero-order valence-corrected chi connectivity index (χ0v) is 11.1. The highest BCUT2D eigenvalue weighted by atomic mass is 32.1. The third-order valence-corrected chi connectivity index (χ3v) is 4.88. The van der Waals surface area contributed by atoms with E-state index in [0.717, 1.165) is 12.3 Å². The van der Waals surface area contributed by atoms with Crippen LogP contribution in [0.4, 0.5) is 0 Å². The summed E-state index contributed by atoms with van der Waals surface area (Å²) in [7, 11) is 0. The van der Waals surface area contributed by atoms with Gasteiger partial charge in [-0.3, -0.25) is 0 Å². The quantitative estimate of drug-likeness (QED) is 0.876. The van der Waals surface area contributed by atoms with E-state index in [1.165, 1.54) is 41.3 Å². The molecule has 0 aliphatic heterocycles. The van der Waals surface area contributed by atoms with Crippen LogP contribution in [0.3, 0.4) is 0 Å². The van der Waals surface area contributed by atoms with Gasteiger partial charge < -0.3 is 5.73 Å². The first-order valence-corrected chi connectivity index (χ1v) is 7.24. The molecule has 0 aromatic carbocycles. The first-order chi connectivity index (χ1) is 7.74. The van der Waals surface area contributed by atoms with Crippen molar-refractivity contribution in [3.63, 3.8) is 0 Å². The Balaban J connectivity index is 2.16. The van der Waals surface area contributed by atoms with Crippen LogP contribution < -0.4 is 5.73 Å². The molecule has 0 spiro atoms. The van der Waals surface area contributed by atoms with E-state index in [-0.39, 0.29) is 0 Å². The van der Waals surface area contributed by atoms with Crippen LogP contribution in [0, 0.1) is 5.92 Å². The van der Waals surface area contributed by atoms with Crippen molar-refractivity contribution in [3.05, 3.63) is 15.6 Å². The molecule has 1 aliphatic carbocycles. The van der Waals surface area contributed by atoms with Gasteiger partial charge in [0, 0.05) is 17.3 Å². The minimum atomic E-state index is 0.656. The summed E-state index contributed by atoms with van der Waals surface area (Å²) in [6.45, 7) is 5.19. The van der Waals surface area contributed by atoms with Crippen molar-refractivity contribution in [1.82, 2.24) is 4.98 Å². The van der Waals surface area contributed by atoms with Crippen LogP contribution in [-0.2, 0) is 13.0 Å². The SMILES string of the molecule is CCc1nc(C2CCCC(C)C2)sc1CN. The van der Waals surface area contributed by atoms with Crippen LogP contribution in [0.5, 0.6) is 0 Å². The van der Waals surface area contributed by atoms with Gasteiger partial charge in [0.25, 0.3) is 0 Å². The van der Waals surface area contributed by atoms with Crippen molar-refractivity contribution in [2.24, 2.45) is 11.7 Å². The highest BCUT2D eigenvalue weighted by molar-refractivity contribution is 7.11. The lowest BCUT2D eigenvalue weighted by atomic mass is 9.83. The van der Waals surface area contributed by atoms with E-state index in [1.54, 1.807) is 0 Å². The smallest absolute Gasteiger partial charge is 0.0962 e. The number of rotatable bonds is 3. The molecule has 2 unspecified atom stereocenters. The van der Waals surface area contributed by atoms with Crippen LogP contribution in [0.1, 0.15) is 61.0 Å². The van der Waals surface area contributed by atoms with E-state index in [4.69, 9.17) is 10.7 Å². The molecule has 1 aromatic rings. The normalized spacial score (nSPS) is 25.9. The fourth-order valence-corrected chi connectivity index (χ4v) is 3.85. The summed E-state index contributed by atoms with van der Waals surface area (Å²) in [4.78, 5) is 6.10.